The van der Waals surface area contributed by atoms with Crippen LogP contribution in [0, 0.1) is 12.7 Å². The van der Waals surface area contributed by atoms with Crippen molar-refractivity contribution in [2.24, 2.45) is 0 Å². The van der Waals surface area contributed by atoms with Crippen LogP contribution in [0.15, 0.2) is 28.5 Å². The number of aryl methyl sites for hydroxylation is 1. The fourth-order valence-electron chi connectivity index (χ4n) is 1.61. The Morgan fingerprint density at radius 3 is 2.80 bits per heavy atom. The first-order valence-electron chi connectivity index (χ1n) is 5.84. The van der Waals surface area contributed by atoms with E-state index >= 15 is 0 Å². The number of nitrogens with zero attached hydrogens (tertiary/aromatic N) is 1. The van der Waals surface area contributed by atoms with Crippen LogP contribution in [0.1, 0.15) is 10.7 Å². The zero-order valence-corrected chi connectivity index (χ0v) is 12.4. The van der Waals surface area contributed by atoms with Gasteiger partial charge in [0.25, 0.3) is 0 Å². The lowest BCUT2D eigenvalue weighted by Crippen LogP contribution is -2.26. The van der Waals surface area contributed by atoms with Crippen molar-refractivity contribution in [1.29, 1.82) is 0 Å². The molecule has 0 unspecified atom stereocenters. The highest BCUT2D eigenvalue weighted by Crippen LogP contribution is 2.16. The van der Waals surface area contributed by atoms with Crippen molar-refractivity contribution < 1.29 is 12.8 Å². The molecule has 0 fully saturated rings. The van der Waals surface area contributed by atoms with Gasteiger partial charge in [-0.2, -0.15) is 0 Å². The summed E-state index contributed by atoms with van der Waals surface area (Å²) in [5, 5.41) is 2.83. The van der Waals surface area contributed by atoms with Gasteiger partial charge in [-0.1, -0.05) is 0 Å². The Morgan fingerprint density at radius 1 is 1.45 bits per heavy atom. The summed E-state index contributed by atoms with van der Waals surface area (Å²) in [6.07, 6.45) is 0.500. The second-order valence-corrected chi connectivity index (χ2v) is 7.02. The summed E-state index contributed by atoms with van der Waals surface area (Å²) in [5.74, 6) is -0.637. The summed E-state index contributed by atoms with van der Waals surface area (Å²) in [6.45, 7) is 2.11. The number of anilines is 1. The average Bonchev–Trinajstić information content (AvgIpc) is 2.78. The standard InChI is InChI=1S/C12H14FN3O2S2/c1-8-16-9(7-19-8)4-5-15-20(17,18)10-2-3-11(13)12(14)6-10/h2-3,6-7,15H,4-5,14H2,1H3. The third-order valence-corrected chi connectivity index (χ3v) is 4.90. The molecule has 20 heavy (non-hydrogen) atoms. The highest BCUT2D eigenvalue weighted by molar-refractivity contribution is 7.89. The second-order valence-electron chi connectivity index (χ2n) is 4.19. The third-order valence-electron chi connectivity index (χ3n) is 2.62. The maximum Gasteiger partial charge on any atom is 0.240 e. The lowest BCUT2D eigenvalue weighted by Gasteiger charge is -2.07. The molecule has 1 aromatic carbocycles. The van der Waals surface area contributed by atoms with Crippen LogP contribution in [0.3, 0.4) is 0 Å². The zero-order chi connectivity index (χ0) is 14.8. The molecule has 0 saturated heterocycles. The molecule has 0 aliphatic rings. The molecule has 0 amide bonds. The zero-order valence-electron chi connectivity index (χ0n) is 10.8. The molecule has 0 bridgehead atoms. The van der Waals surface area contributed by atoms with Crippen molar-refractivity contribution in [3.05, 3.63) is 40.1 Å². The Kier molecular flexibility index (Phi) is 4.36. The molecule has 0 spiro atoms. The first-order valence-corrected chi connectivity index (χ1v) is 8.20. The van der Waals surface area contributed by atoms with Gasteiger partial charge in [0, 0.05) is 18.3 Å². The quantitative estimate of drug-likeness (QED) is 0.822. The summed E-state index contributed by atoms with van der Waals surface area (Å²) in [7, 11) is -3.68. The molecule has 0 aliphatic carbocycles. The van der Waals surface area contributed by atoms with Crippen molar-refractivity contribution in [2.75, 3.05) is 12.3 Å². The van der Waals surface area contributed by atoms with E-state index < -0.39 is 15.8 Å². The van der Waals surface area contributed by atoms with Gasteiger partial charge in [0.05, 0.1) is 21.3 Å². The Morgan fingerprint density at radius 2 is 2.20 bits per heavy atom. The third kappa shape index (κ3) is 3.53. The average molecular weight is 315 g/mol. The Bertz CT molecular complexity index is 713. The van der Waals surface area contributed by atoms with Gasteiger partial charge < -0.3 is 5.73 Å². The van der Waals surface area contributed by atoms with Crippen molar-refractivity contribution in [2.45, 2.75) is 18.2 Å². The van der Waals surface area contributed by atoms with Crippen molar-refractivity contribution in [1.82, 2.24) is 9.71 Å². The van der Waals surface area contributed by atoms with E-state index in [2.05, 4.69) is 9.71 Å². The minimum atomic E-state index is -3.68. The largest absolute Gasteiger partial charge is 0.396 e. The highest BCUT2D eigenvalue weighted by atomic mass is 32.2. The first-order chi connectivity index (χ1) is 9.38. The van der Waals surface area contributed by atoms with Crippen LogP contribution in [0.4, 0.5) is 10.1 Å². The van der Waals surface area contributed by atoms with Crippen LogP contribution < -0.4 is 10.5 Å². The lowest BCUT2D eigenvalue weighted by atomic mass is 10.3. The number of nitrogen functional groups attached to an aromatic ring is 1. The number of nitrogens with two attached hydrogens (primary N) is 1. The smallest absolute Gasteiger partial charge is 0.240 e. The second kappa shape index (κ2) is 5.86. The highest BCUT2D eigenvalue weighted by Gasteiger charge is 2.15. The first kappa shape index (κ1) is 14.9. The van der Waals surface area contributed by atoms with E-state index in [0.717, 1.165) is 22.8 Å². The molecule has 3 N–H and O–H groups in total. The van der Waals surface area contributed by atoms with Gasteiger partial charge in [0.2, 0.25) is 10.0 Å². The number of sulfonamides is 1. The maximum absolute atomic E-state index is 13.0. The van der Waals surface area contributed by atoms with E-state index in [4.69, 9.17) is 5.73 Å². The van der Waals surface area contributed by atoms with Gasteiger partial charge in [0.15, 0.2) is 0 Å². The van der Waals surface area contributed by atoms with Crippen LogP contribution >= 0.6 is 11.3 Å². The normalized spacial score (nSPS) is 11.7. The number of halogens is 1. The number of hydrogen-bond donors (Lipinski definition) is 2. The van der Waals surface area contributed by atoms with Crippen LogP contribution in [0.25, 0.3) is 0 Å². The SMILES string of the molecule is Cc1nc(CCNS(=O)(=O)c2ccc(F)c(N)c2)cs1. The van der Waals surface area contributed by atoms with Crippen molar-refractivity contribution in [3.63, 3.8) is 0 Å². The number of rotatable bonds is 5. The predicted octanol–water partition coefficient (Wildman–Crippen LogP) is 1.69. The Balaban J connectivity index is 2.02. The summed E-state index contributed by atoms with van der Waals surface area (Å²) < 4.78 is 39.4. The monoisotopic (exact) mass is 315 g/mol. The molecular formula is C12H14FN3O2S2. The number of thiazole rings is 1. The summed E-state index contributed by atoms with van der Waals surface area (Å²) in [6, 6.07) is 3.32. The molecule has 1 heterocycles. The van der Waals surface area contributed by atoms with Gasteiger partial charge in [-0.3, -0.25) is 0 Å². The van der Waals surface area contributed by atoms with Gasteiger partial charge in [0.1, 0.15) is 5.82 Å². The molecule has 8 heteroatoms. The van der Waals surface area contributed by atoms with Crippen LogP contribution in [0.2, 0.25) is 0 Å². The van der Waals surface area contributed by atoms with E-state index in [1.165, 1.54) is 17.4 Å². The van der Waals surface area contributed by atoms with Crippen LogP contribution in [-0.4, -0.2) is 19.9 Å². The molecule has 1 aromatic heterocycles. The molecule has 0 radical (unpaired) electrons. The van der Waals surface area contributed by atoms with E-state index in [1.54, 1.807) is 0 Å². The topological polar surface area (TPSA) is 85.1 Å². The Labute approximate surface area is 120 Å². The number of nitrogens with one attached hydrogen (secondary N) is 1. The fraction of sp³-hybridized carbons (Fsp3) is 0.250. The van der Waals surface area contributed by atoms with Crippen molar-refractivity contribution in [3.8, 4) is 0 Å². The van der Waals surface area contributed by atoms with Gasteiger partial charge >= 0.3 is 0 Å². The van der Waals surface area contributed by atoms with Crippen LogP contribution in [0.5, 0.6) is 0 Å². The van der Waals surface area contributed by atoms with Crippen LogP contribution in [-0.2, 0) is 16.4 Å². The van der Waals surface area contributed by atoms with E-state index in [1.807, 2.05) is 12.3 Å². The molecule has 108 valence electrons. The van der Waals surface area contributed by atoms with Gasteiger partial charge in [-0.05, 0) is 25.1 Å². The summed E-state index contributed by atoms with van der Waals surface area (Å²) >= 11 is 1.52. The van der Waals surface area contributed by atoms with E-state index in [9.17, 15) is 12.8 Å². The Hall–Kier alpha value is -1.51. The minimum Gasteiger partial charge on any atom is -0.396 e. The van der Waals surface area contributed by atoms with E-state index in [0.29, 0.717) is 6.42 Å². The number of hydrogen-bond acceptors (Lipinski definition) is 5. The number of aromatic nitrogens is 1. The van der Waals surface area contributed by atoms with Crippen molar-refractivity contribution >= 4 is 27.0 Å². The molecule has 0 aliphatic heterocycles. The number of benzene rings is 1. The molecule has 5 nitrogen and oxygen atoms in total. The predicted molar refractivity (Wildman–Crippen MR) is 76.6 cm³/mol. The maximum atomic E-state index is 13.0. The molecular weight excluding hydrogens is 301 g/mol. The van der Waals surface area contributed by atoms with Gasteiger partial charge in [-0.15, -0.1) is 11.3 Å². The molecule has 2 aromatic rings. The summed E-state index contributed by atoms with van der Waals surface area (Å²) in [4.78, 5) is 4.19. The summed E-state index contributed by atoms with van der Waals surface area (Å²) in [5.41, 5.74) is 6.01. The van der Waals surface area contributed by atoms with E-state index in [-0.39, 0.29) is 17.1 Å². The minimum absolute atomic E-state index is 0.0501. The molecule has 0 saturated carbocycles. The molecule has 2 rings (SSSR count). The lowest BCUT2D eigenvalue weighted by molar-refractivity contribution is 0.580. The molecule has 0 atom stereocenters. The fourth-order valence-corrected chi connectivity index (χ4v) is 3.32. The van der Waals surface area contributed by atoms with Gasteiger partial charge in [-0.25, -0.2) is 22.5 Å².